The van der Waals surface area contributed by atoms with Crippen molar-refractivity contribution in [3.8, 4) is 22.3 Å². The van der Waals surface area contributed by atoms with E-state index in [0.29, 0.717) is 11.1 Å². The monoisotopic (exact) mass is 542 g/mol. The number of pyridine rings is 2. The Morgan fingerprint density at radius 1 is 0.842 bits per heavy atom. The number of sulfone groups is 1. The fraction of sp³-hybridized carbons (Fsp3) is 0.161. The van der Waals surface area contributed by atoms with Gasteiger partial charge in [-0.1, -0.05) is 36.4 Å². The standard InChI is InChI=1S/C31H27FN2O2S2/c1-31(2,38(3,35)36)29-17-25(15-24-8-5-13-34-30(24)29)22-6-4-7-23(14-22)26-16-28(19-33-18-26)37-20-21-9-11-27(32)12-10-21/h4-19H,20H2,1-3H3. The lowest BCUT2D eigenvalue weighted by Gasteiger charge is -2.25. The zero-order chi connectivity index (χ0) is 26.9. The van der Waals surface area contributed by atoms with Crippen LogP contribution in [0.2, 0.25) is 0 Å². The SMILES string of the molecule is CC(C)(c1cc(-c2cccc(-c3cncc(SCc4ccc(F)cc4)c3)c2)cc2cccnc12)S(C)(=O)=O. The second kappa shape index (κ2) is 10.3. The Labute approximate surface area is 226 Å². The molecule has 0 spiro atoms. The van der Waals surface area contributed by atoms with Gasteiger partial charge in [-0.3, -0.25) is 9.97 Å². The molecule has 0 unspecified atom stereocenters. The zero-order valence-corrected chi connectivity index (χ0v) is 23.0. The molecule has 0 fully saturated rings. The second-order valence-electron chi connectivity index (χ2n) is 9.79. The van der Waals surface area contributed by atoms with Crippen molar-refractivity contribution in [2.75, 3.05) is 6.26 Å². The molecule has 2 aromatic heterocycles. The van der Waals surface area contributed by atoms with Gasteiger partial charge >= 0.3 is 0 Å². The molecule has 3 aromatic carbocycles. The molecule has 0 saturated heterocycles. The van der Waals surface area contributed by atoms with Gasteiger partial charge in [-0.05, 0) is 84.1 Å². The third-order valence-electron chi connectivity index (χ3n) is 6.84. The zero-order valence-electron chi connectivity index (χ0n) is 21.4. The molecule has 0 amide bonds. The molecular weight excluding hydrogens is 515 g/mol. The summed E-state index contributed by atoms with van der Waals surface area (Å²) in [7, 11) is -3.40. The maximum atomic E-state index is 13.2. The van der Waals surface area contributed by atoms with E-state index >= 15 is 0 Å². The van der Waals surface area contributed by atoms with Gasteiger partial charge in [0, 0.05) is 46.4 Å². The molecule has 0 atom stereocenters. The number of fused-ring (bicyclic) bond motifs is 1. The van der Waals surface area contributed by atoms with Crippen molar-refractivity contribution in [1.29, 1.82) is 0 Å². The van der Waals surface area contributed by atoms with Crippen molar-refractivity contribution < 1.29 is 12.8 Å². The van der Waals surface area contributed by atoms with Gasteiger partial charge in [0.1, 0.15) is 5.82 Å². The molecule has 0 radical (unpaired) electrons. The van der Waals surface area contributed by atoms with Crippen LogP contribution in [0, 0.1) is 5.82 Å². The smallest absolute Gasteiger partial charge is 0.156 e. The largest absolute Gasteiger partial charge is 0.263 e. The first-order valence-electron chi connectivity index (χ1n) is 12.1. The van der Waals surface area contributed by atoms with E-state index in [1.807, 2.05) is 48.8 Å². The van der Waals surface area contributed by atoms with Crippen LogP contribution in [0.3, 0.4) is 0 Å². The Kier molecular flexibility index (Phi) is 7.07. The van der Waals surface area contributed by atoms with Crippen LogP contribution in [0.5, 0.6) is 0 Å². The van der Waals surface area contributed by atoms with E-state index in [0.717, 1.165) is 43.9 Å². The molecule has 2 heterocycles. The van der Waals surface area contributed by atoms with Crippen molar-refractivity contribution in [2.45, 2.75) is 29.2 Å². The van der Waals surface area contributed by atoms with E-state index in [9.17, 15) is 12.8 Å². The van der Waals surface area contributed by atoms with E-state index in [2.05, 4.69) is 28.2 Å². The van der Waals surface area contributed by atoms with E-state index in [4.69, 9.17) is 0 Å². The molecule has 0 N–H and O–H groups in total. The number of hydrogen-bond donors (Lipinski definition) is 0. The Balaban J connectivity index is 1.51. The molecule has 0 aliphatic heterocycles. The average molecular weight is 543 g/mol. The number of hydrogen-bond acceptors (Lipinski definition) is 5. The summed E-state index contributed by atoms with van der Waals surface area (Å²) in [5.41, 5.74) is 6.31. The van der Waals surface area contributed by atoms with Gasteiger partial charge in [-0.25, -0.2) is 12.8 Å². The molecule has 0 bridgehead atoms. The quantitative estimate of drug-likeness (QED) is 0.198. The lowest BCUT2D eigenvalue weighted by molar-refractivity contribution is 0.562. The first kappa shape index (κ1) is 26.1. The molecule has 0 aliphatic carbocycles. The summed E-state index contributed by atoms with van der Waals surface area (Å²) in [5.74, 6) is 0.479. The van der Waals surface area contributed by atoms with Crippen molar-refractivity contribution in [1.82, 2.24) is 9.97 Å². The molecule has 5 rings (SSSR count). The van der Waals surface area contributed by atoms with Crippen LogP contribution in [0.1, 0.15) is 25.0 Å². The molecular formula is C31H27FN2O2S2. The normalized spacial score (nSPS) is 12.1. The summed E-state index contributed by atoms with van der Waals surface area (Å²) >= 11 is 1.65. The first-order chi connectivity index (χ1) is 18.1. The average Bonchev–Trinajstić information content (AvgIpc) is 2.91. The summed E-state index contributed by atoms with van der Waals surface area (Å²) < 4.78 is 37.5. The van der Waals surface area contributed by atoms with E-state index in [-0.39, 0.29) is 5.82 Å². The highest BCUT2D eigenvalue weighted by molar-refractivity contribution is 7.98. The van der Waals surface area contributed by atoms with Crippen LogP contribution in [-0.4, -0.2) is 24.6 Å². The van der Waals surface area contributed by atoms with Crippen LogP contribution in [0.15, 0.2) is 102 Å². The minimum Gasteiger partial charge on any atom is -0.263 e. The van der Waals surface area contributed by atoms with Crippen LogP contribution in [0.4, 0.5) is 4.39 Å². The molecule has 192 valence electrons. The summed E-state index contributed by atoms with van der Waals surface area (Å²) in [6, 6.07) is 24.6. The third kappa shape index (κ3) is 5.35. The van der Waals surface area contributed by atoms with Gasteiger partial charge < -0.3 is 0 Å². The summed E-state index contributed by atoms with van der Waals surface area (Å²) in [6.07, 6.45) is 6.63. The Morgan fingerprint density at radius 2 is 1.58 bits per heavy atom. The van der Waals surface area contributed by atoms with E-state index < -0.39 is 14.6 Å². The van der Waals surface area contributed by atoms with Gasteiger partial charge in [-0.2, -0.15) is 0 Å². The molecule has 0 saturated carbocycles. The first-order valence-corrected chi connectivity index (χ1v) is 15.0. The van der Waals surface area contributed by atoms with Crippen molar-refractivity contribution in [2.24, 2.45) is 0 Å². The maximum Gasteiger partial charge on any atom is 0.156 e. The van der Waals surface area contributed by atoms with Crippen molar-refractivity contribution in [3.63, 3.8) is 0 Å². The van der Waals surface area contributed by atoms with E-state index in [1.54, 1.807) is 43.9 Å². The Hall–Kier alpha value is -3.55. The highest BCUT2D eigenvalue weighted by Gasteiger charge is 2.34. The van der Waals surface area contributed by atoms with E-state index in [1.165, 1.54) is 18.4 Å². The van der Waals surface area contributed by atoms with Gasteiger partial charge in [0.25, 0.3) is 0 Å². The minimum absolute atomic E-state index is 0.239. The van der Waals surface area contributed by atoms with Crippen LogP contribution < -0.4 is 0 Å². The van der Waals surface area contributed by atoms with Crippen molar-refractivity contribution >= 4 is 32.5 Å². The van der Waals surface area contributed by atoms with Gasteiger partial charge in [0.15, 0.2) is 9.84 Å². The lowest BCUT2D eigenvalue weighted by Crippen LogP contribution is -2.28. The lowest BCUT2D eigenvalue weighted by atomic mass is 9.92. The number of benzene rings is 3. The minimum atomic E-state index is -3.40. The number of nitrogens with zero attached hydrogens (tertiary/aromatic N) is 2. The summed E-state index contributed by atoms with van der Waals surface area (Å²) in [5, 5.41) is 0.892. The predicted molar refractivity (Wildman–Crippen MR) is 154 cm³/mol. The highest BCUT2D eigenvalue weighted by Crippen LogP contribution is 2.38. The van der Waals surface area contributed by atoms with Gasteiger partial charge in [0.05, 0.1) is 10.3 Å². The van der Waals surface area contributed by atoms with Crippen molar-refractivity contribution in [3.05, 3.63) is 114 Å². The predicted octanol–water partition coefficient (Wildman–Crippen LogP) is 7.67. The number of aromatic nitrogens is 2. The second-order valence-corrected chi connectivity index (χ2v) is 13.4. The number of halogens is 1. The summed E-state index contributed by atoms with van der Waals surface area (Å²) in [6.45, 7) is 3.46. The summed E-state index contributed by atoms with van der Waals surface area (Å²) in [4.78, 5) is 9.99. The molecule has 0 aliphatic rings. The number of thioether (sulfide) groups is 1. The Morgan fingerprint density at radius 3 is 2.32 bits per heavy atom. The molecule has 7 heteroatoms. The fourth-order valence-electron chi connectivity index (χ4n) is 4.30. The Bertz CT molecular complexity index is 1730. The van der Waals surface area contributed by atoms with Crippen LogP contribution in [-0.2, 0) is 20.3 Å². The van der Waals surface area contributed by atoms with Crippen LogP contribution in [0.25, 0.3) is 33.2 Å². The van der Waals surface area contributed by atoms with Gasteiger partial charge in [-0.15, -0.1) is 11.8 Å². The molecule has 38 heavy (non-hydrogen) atoms. The van der Waals surface area contributed by atoms with Crippen LogP contribution >= 0.6 is 11.8 Å². The molecule has 4 nitrogen and oxygen atoms in total. The highest BCUT2D eigenvalue weighted by atomic mass is 32.2. The topological polar surface area (TPSA) is 59.9 Å². The fourth-order valence-corrected chi connectivity index (χ4v) is 5.73. The molecule has 5 aromatic rings. The third-order valence-corrected chi connectivity index (χ3v) is 9.95. The number of rotatable bonds is 7. The van der Waals surface area contributed by atoms with Gasteiger partial charge in [0.2, 0.25) is 0 Å². The maximum absolute atomic E-state index is 13.2.